The molecule has 0 saturated carbocycles. The van der Waals surface area contributed by atoms with Crippen LogP contribution in [0.1, 0.15) is 60.3 Å². The van der Waals surface area contributed by atoms with Crippen molar-refractivity contribution in [2.75, 3.05) is 13.2 Å². The highest BCUT2D eigenvalue weighted by Gasteiger charge is 2.18. The largest absolute Gasteiger partial charge is 0.375 e. The highest BCUT2D eigenvalue weighted by atomic mass is 16.5. The lowest BCUT2D eigenvalue weighted by Gasteiger charge is -2.28. The zero-order valence-corrected chi connectivity index (χ0v) is 11.2. The van der Waals surface area contributed by atoms with E-state index in [9.17, 15) is 0 Å². The SMILES string of the molecule is CCCC(CCC)NCC(C)(C)OCC. The van der Waals surface area contributed by atoms with Crippen molar-refractivity contribution in [3.05, 3.63) is 0 Å². The van der Waals surface area contributed by atoms with Crippen LogP contribution in [0.3, 0.4) is 0 Å². The Morgan fingerprint density at radius 2 is 1.60 bits per heavy atom. The summed E-state index contributed by atoms with van der Waals surface area (Å²) in [5, 5.41) is 3.62. The van der Waals surface area contributed by atoms with Crippen molar-refractivity contribution < 1.29 is 4.74 Å². The summed E-state index contributed by atoms with van der Waals surface area (Å²) in [5.41, 5.74) is -0.0333. The quantitative estimate of drug-likeness (QED) is 0.637. The van der Waals surface area contributed by atoms with Crippen LogP contribution in [-0.2, 0) is 4.74 Å². The van der Waals surface area contributed by atoms with Crippen LogP contribution in [0.5, 0.6) is 0 Å². The van der Waals surface area contributed by atoms with E-state index in [2.05, 4.69) is 39.9 Å². The third kappa shape index (κ3) is 7.80. The summed E-state index contributed by atoms with van der Waals surface area (Å²) in [4.78, 5) is 0. The number of hydrogen-bond donors (Lipinski definition) is 1. The molecule has 0 bridgehead atoms. The highest BCUT2D eigenvalue weighted by Crippen LogP contribution is 2.10. The van der Waals surface area contributed by atoms with Gasteiger partial charge in [-0.15, -0.1) is 0 Å². The molecular formula is C13H29NO. The summed E-state index contributed by atoms with van der Waals surface area (Å²) < 4.78 is 5.67. The second kappa shape index (κ2) is 8.12. The van der Waals surface area contributed by atoms with E-state index in [1.165, 1.54) is 25.7 Å². The minimum Gasteiger partial charge on any atom is -0.375 e. The van der Waals surface area contributed by atoms with Gasteiger partial charge in [-0.3, -0.25) is 0 Å². The molecule has 0 amide bonds. The van der Waals surface area contributed by atoms with Crippen molar-refractivity contribution in [1.82, 2.24) is 5.32 Å². The standard InChI is InChI=1S/C13H29NO/c1-6-9-12(10-7-2)14-11-13(4,5)15-8-3/h12,14H,6-11H2,1-5H3. The zero-order chi connectivity index (χ0) is 11.7. The molecule has 0 aromatic carbocycles. The third-order valence-corrected chi connectivity index (χ3v) is 2.63. The number of nitrogens with one attached hydrogen (secondary N) is 1. The lowest BCUT2D eigenvalue weighted by Crippen LogP contribution is -2.42. The molecule has 0 unspecified atom stereocenters. The highest BCUT2D eigenvalue weighted by molar-refractivity contribution is 4.75. The Morgan fingerprint density at radius 3 is 2.00 bits per heavy atom. The van der Waals surface area contributed by atoms with E-state index >= 15 is 0 Å². The summed E-state index contributed by atoms with van der Waals surface area (Å²) >= 11 is 0. The first-order chi connectivity index (χ1) is 7.05. The average Bonchev–Trinajstić information content (AvgIpc) is 2.15. The summed E-state index contributed by atoms with van der Waals surface area (Å²) in [5.74, 6) is 0. The van der Waals surface area contributed by atoms with E-state index in [0.29, 0.717) is 6.04 Å². The maximum Gasteiger partial charge on any atom is 0.0750 e. The molecule has 0 fully saturated rings. The Morgan fingerprint density at radius 1 is 1.07 bits per heavy atom. The molecule has 0 spiro atoms. The molecular weight excluding hydrogens is 186 g/mol. The maximum atomic E-state index is 5.67. The number of ether oxygens (including phenoxy) is 1. The van der Waals surface area contributed by atoms with Crippen LogP contribution in [0.15, 0.2) is 0 Å². The predicted octanol–water partition coefficient (Wildman–Crippen LogP) is 3.36. The topological polar surface area (TPSA) is 21.3 Å². The Labute approximate surface area is 95.8 Å². The van der Waals surface area contributed by atoms with Gasteiger partial charge in [0.1, 0.15) is 0 Å². The molecule has 15 heavy (non-hydrogen) atoms. The maximum absolute atomic E-state index is 5.67. The lowest BCUT2D eigenvalue weighted by molar-refractivity contribution is -0.0109. The fourth-order valence-corrected chi connectivity index (χ4v) is 1.88. The molecule has 2 nitrogen and oxygen atoms in total. The van der Waals surface area contributed by atoms with Gasteiger partial charge in [0.2, 0.25) is 0 Å². The Kier molecular flexibility index (Phi) is 8.07. The molecule has 0 aliphatic carbocycles. The fourth-order valence-electron chi connectivity index (χ4n) is 1.88. The van der Waals surface area contributed by atoms with Crippen LogP contribution in [0.4, 0.5) is 0 Å². The zero-order valence-electron chi connectivity index (χ0n) is 11.2. The van der Waals surface area contributed by atoms with Crippen LogP contribution < -0.4 is 5.32 Å². The second-order valence-corrected chi connectivity index (χ2v) is 4.85. The van der Waals surface area contributed by atoms with Gasteiger partial charge in [-0.2, -0.15) is 0 Å². The summed E-state index contributed by atoms with van der Waals surface area (Å²) in [6.07, 6.45) is 5.06. The molecule has 2 heteroatoms. The Balaban J connectivity index is 3.85. The molecule has 1 N–H and O–H groups in total. The molecule has 0 radical (unpaired) electrons. The monoisotopic (exact) mass is 215 g/mol. The van der Waals surface area contributed by atoms with Crippen LogP contribution in [0.2, 0.25) is 0 Å². The van der Waals surface area contributed by atoms with Crippen LogP contribution in [0, 0.1) is 0 Å². The van der Waals surface area contributed by atoms with Gasteiger partial charge >= 0.3 is 0 Å². The average molecular weight is 215 g/mol. The number of hydrogen-bond acceptors (Lipinski definition) is 2. The van der Waals surface area contributed by atoms with Gasteiger partial charge in [-0.1, -0.05) is 26.7 Å². The second-order valence-electron chi connectivity index (χ2n) is 4.85. The van der Waals surface area contributed by atoms with E-state index in [1.807, 2.05) is 0 Å². The van der Waals surface area contributed by atoms with Gasteiger partial charge < -0.3 is 10.1 Å². The number of rotatable bonds is 9. The molecule has 0 aromatic rings. The van der Waals surface area contributed by atoms with Crippen molar-refractivity contribution in [2.24, 2.45) is 0 Å². The molecule has 0 rings (SSSR count). The third-order valence-electron chi connectivity index (χ3n) is 2.63. The normalized spacial score (nSPS) is 12.4. The van der Waals surface area contributed by atoms with Crippen LogP contribution >= 0.6 is 0 Å². The van der Waals surface area contributed by atoms with Gasteiger partial charge in [-0.05, 0) is 33.6 Å². The van der Waals surface area contributed by atoms with Gasteiger partial charge in [0.15, 0.2) is 0 Å². The van der Waals surface area contributed by atoms with Crippen LogP contribution in [0.25, 0.3) is 0 Å². The molecule has 92 valence electrons. The van der Waals surface area contributed by atoms with Crippen molar-refractivity contribution >= 4 is 0 Å². The Bertz CT molecular complexity index is 139. The molecule has 0 aliphatic rings. The molecule has 0 saturated heterocycles. The van der Waals surface area contributed by atoms with E-state index < -0.39 is 0 Å². The molecule has 0 atom stereocenters. The predicted molar refractivity (Wildman–Crippen MR) is 67.3 cm³/mol. The summed E-state index contributed by atoms with van der Waals surface area (Å²) in [7, 11) is 0. The summed E-state index contributed by atoms with van der Waals surface area (Å²) in [6.45, 7) is 12.6. The fraction of sp³-hybridized carbons (Fsp3) is 1.00. The lowest BCUT2D eigenvalue weighted by atomic mass is 10.0. The molecule has 0 aliphatic heterocycles. The van der Waals surface area contributed by atoms with Gasteiger partial charge in [0, 0.05) is 19.2 Å². The first kappa shape index (κ1) is 14.9. The van der Waals surface area contributed by atoms with Crippen molar-refractivity contribution in [1.29, 1.82) is 0 Å². The van der Waals surface area contributed by atoms with Crippen molar-refractivity contribution in [3.8, 4) is 0 Å². The minimum atomic E-state index is -0.0333. The van der Waals surface area contributed by atoms with Gasteiger partial charge in [-0.25, -0.2) is 0 Å². The van der Waals surface area contributed by atoms with Crippen molar-refractivity contribution in [3.63, 3.8) is 0 Å². The van der Waals surface area contributed by atoms with E-state index in [0.717, 1.165) is 13.2 Å². The van der Waals surface area contributed by atoms with E-state index in [1.54, 1.807) is 0 Å². The van der Waals surface area contributed by atoms with Gasteiger partial charge in [0.25, 0.3) is 0 Å². The molecule has 0 aromatic heterocycles. The van der Waals surface area contributed by atoms with E-state index in [-0.39, 0.29) is 5.60 Å². The van der Waals surface area contributed by atoms with E-state index in [4.69, 9.17) is 4.74 Å². The first-order valence-corrected chi connectivity index (χ1v) is 6.43. The van der Waals surface area contributed by atoms with Crippen molar-refractivity contribution in [2.45, 2.75) is 71.9 Å². The smallest absolute Gasteiger partial charge is 0.0750 e. The molecule has 0 heterocycles. The van der Waals surface area contributed by atoms with Crippen LogP contribution in [-0.4, -0.2) is 24.8 Å². The minimum absolute atomic E-state index is 0.0333. The van der Waals surface area contributed by atoms with Gasteiger partial charge in [0.05, 0.1) is 5.60 Å². The summed E-state index contributed by atoms with van der Waals surface area (Å²) in [6, 6.07) is 0.666. The Hall–Kier alpha value is -0.0800. The first-order valence-electron chi connectivity index (χ1n) is 6.43.